The first kappa shape index (κ1) is 13.4. The molecular weight excluding hydrogens is 312 g/mol. The van der Waals surface area contributed by atoms with Crippen molar-refractivity contribution in [2.24, 2.45) is 23.7 Å². The van der Waals surface area contributed by atoms with E-state index < -0.39 is 0 Å². The van der Waals surface area contributed by atoms with E-state index in [0.29, 0.717) is 0 Å². The second-order valence-electron chi connectivity index (χ2n) is 7.79. The van der Waals surface area contributed by atoms with Crippen molar-refractivity contribution < 1.29 is 21.5 Å². The van der Waals surface area contributed by atoms with Crippen molar-refractivity contribution >= 4 is 0 Å². The largest absolute Gasteiger partial charge is 1.00 e. The van der Waals surface area contributed by atoms with Gasteiger partial charge in [0.1, 0.15) is 24.5 Å². The molecule has 0 spiro atoms. The first-order chi connectivity index (χ1) is 9.37. The first-order valence-corrected chi connectivity index (χ1v) is 8.45. The normalized spacial score (nSPS) is 45.0. The van der Waals surface area contributed by atoms with Crippen LogP contribution in [0.5, 0.6) is 0 Å². The molecule has 0 amide bonds. The second kappa shape index (κ2) is 4.86. The average Bonchev–Trinajstić information content (AvgIpc) is 3.20. The third-order valence-corrected chi connectivity index (χ3v) is 6.85. The number of halogens is 1. The number of hydrogen-bond donors (Lipinski definition) is 0. The van der Waals surface area contributed by atoms with Gasteiger partial charge in [0.15, 0.2) is 0 Å². The van der Waals surface area contributed by atoms with Gasteiger partial charge in [0.05, 0.1) is 0 Å². The Kier molecular flexibility index (Phi) is 3.25. The Morgan fingerprint density at radius 3 is 2.20 bits per heavy atom. The predicted molar refractivity (Wildman–Crippen MR) is 73.6 cm³/mol. The van der Waals surface area contributed by atoms with Crippen molar-refractivity contribution in [3.05, 3.63) is 18.7 Å². The third kappa shape index (κ3) is 1.92. The number of hydrogen-bond acceptors (Lipinski definition) is 0. The highest BCUT2D eigenvalue weighted by Gasteiger charge is 2.45. The molecule has 1 heterocycles. The van der Waals surface area contributed by atoms with Crippen LogP contribution in [0, 0.1) is 23.7 Å². The van der Waals surface area contributed by atoms with Gasteiger partial charge in [0.2, 0.25) is 6.33 Å². The fourth-order valence-corrected chi connectivity index (χ4v) is 5.93. The standard InChI is InChI=1S/C17H25N2.BrH/c1-3-14-7-12(1)9-16(14)18-5-6-19(11-18)17-10-13-2-4-15(17)8-13;/h5-6,11-17H,1-4,7-10H2;1H/q+1;/p-1. The summed E-state index contributed by atoms with van der Waals surface area (Å²) in [5, 5.41) is 0. The van der Waals surface area contributed by atoms with E-state index in [-0.39, 0.29) is 17.0 Å². The summed E-state index contributed by atoms with van der Waals surface area (Å²) in [6.45, 7) is 0. The van der Waals surface area contributed by atoms with Crippen molar-refractivity contribution in [2.45, 2.75) is 63.5 Å². The Morgan fingerprint density at radius 1 is 0.850 bits per heavy atom. The highest BCUT2D eigenvalue weighted by atomic mass is 79.9. The van der Waals surface area contributed by atoms with E-state index in [1.165, 1.54) is 51.4 Å². The molecule has 4 saturated carbocycles. The molecule has 0 saturated heterocycles. The summed E-state index contributed by atoms with van der Waals surface area (Å²) in [5.41, 5.74) is 0. The van der Waals surface area contributed by atoms with Crippen LogP contribution in [-0.2, 0) is 0 Å². The van der Waals surface area contributed by atoms with Crippen molar-refractivity contribution in [2.75, 3.05) is 0 Å². The van der Waals surface area contributed by atoms with Crippen molar-refractivity contribution in [1.29, 1.82) is 0 Å². The molecule has 4 bridgehead atoms. The topological polar surface area (TPSA) is 8.81 Å². The highest BCUT2D eigenvalue weighted by molar-refractivity contribution is 4.95. The molecule has 2 nitrogen and oxygen atoms in total. The summed E-state index contributed by atoms with van der Waals surface area (Å²) in [4.78, 5) is 0. The predicted octanol–water partition coefficient (Wildman–Crippen LogP) is 0.502. The lowest BCUT2D eigenvalue weighted by atomic mass is 9.95. The monoisotopic (exact) mass is 336 g/mol. The molecule has 0 aliphatic heterocycles. The van der Waals surface area contributed by atoms with Crippen molar-refractivity contribution in [3.8, 4) is 0 Å². The molecule has 4 fully saturated rings. The molecule has 4 aliphatic rings. The molecule has 20 heavy (non-hydrogen) atoms. The number of imidazole rings is 1. The summed E-state index contributed by atoms with van der Waals surface area (Å²) in [5.74, 6) is 4.08. The number of aromatic nitrogens is 2. The summed E-state index contributed by atoms with van der Waals surface area (Å²) >= 11 is 0. The van der Waals surface area contributed by atoms with E-state index in [2.05, 4.69) is 27.9 Å². The first-order valence-electron chi connectivity index (χ1n) is 8.45. The zero-order valence-electron chi connectivity index (χ0n) is 12.1. The van der Waals surface area contributed by atoms with Crippen LogP contribution >= 0.6 is 0 Å². The van der Waals surface area contributed by atoms with Crippen LogP contribution < -0.4 is 21.5 Å². The highest BCUT2D eigenvalue weighted by Crippen LogP contribution is 2.51. The van der Waals surface area contributed by atoms with Crippen LogP contribution in [0.2, 0.25) is 0 Å². The number of nitrogens with zero attached hydrogens (tertiary/aromatic N) is 2. The lowest BCUT2D eigenvalue weighted by Gasteiger charge is -2.20. The van der Waals surface area contributed by atoms with E-state index in [1.54, 1.807) is 0 Å². The molecule has 6 unspecified atom stereocenters. The van der Waals surface area contributed by atoms with E-state index in [1.807, 2.05) is 0 Å². The lowest BCUT2D eigenvalue weighted by Crippen LogP contribution is -3.00. The van der Waals surface area contributed by atoms with Crippen LogP contribution in [0.4, 0.5) is 0 Å². The van der Waals surface area contributed by atoms with Crippen molar-refractivity contribution in [1.82, 2.24) is 4.57 Å². The maximum atomic E-state index is 2.57. The van der Waals surface area contributed by atoms with Crippen LogP contribution in [0.25, 0.3) is 0 Å². The zero-order chi connectivity index (χ0) is 12.4. The molecule has 5 rings (SSSR count). The van der Waals surface area contributed by atoms with Crippen LogP contribution in [0.3, 0.4) is 0 Å². The van der Waals surface area contributed by atoms with Gasteiger partial charge < -0.3 is 17.0 Å². The molecular formula is C17H25BrN2. The van der Waals surface area contributed by atoms with E-state index >= 15 is 0 Å². The maximum Gasteiger partial charge on any atom is 0.244 e. The molecule has 0 radical (unpaired) electrons. The maximum absolute atomic E-state index is 2.57. The minimum Gasteiger partial charge on any atom is -1.00 e. The molecule has 110 valence electrons. The molecule has 6 atom stereocenters. The minimum absolute atomic E-state index is 0. The smallest absolute Gasteiger partial charge is 0.244 e. The van der Waals surface area contributed by atoms with Gasteiger partial charge in [-0.25, -0.2) is 9.13 Å². The second-order valence-corrected chi connectivity index (χ2v) is 7.79. The molecule has 4 aliphatic carbocycles. The van der Waals surface area contributed by atoms with Crippen LogP contribution in [0.15, 0.2) is 18.7 Å². The average molecular weight is 337 g/mol. The third-order valence-electron chi connectivity index (χ3n) is 6.85. The van der Waals surface area contributed by atoms with Gasteiger partial charge in [-0.05, 0) is 75.0 Å². The Hall–Kier alpha value is -0.310. The van der Waals surface area contributed by atoms with E-state index in [4.69, 9.17) is 0 Å². The van der Waals surface area contributed by atoms with Gasteiger partial charge >= 0.3 is 0 Å². The molecule has 0 N–H and O–H groups in total. The van der Waals surface area contributed by atoms with Crippen LogP contribution in [-0.4, -0.2) is 4.57 Å². The van der Waals surface area contributed by atoms with Gasteiger partial charge in [0, 0.05) is 0 Å². The zero-order valence-corrected chi connectivity index (χ0v) is 13.7. The Bertz CT molecular complexity index is 454. The summed E-state index contributed by atoms with van der Waals surface area (Å²) < 4.78 is 5.13. The molecule has 0 aromatic carbocycles. The van der Waals surface area contributed by atoms with Gasteiger partial charge in [-0.3, -0.25) is 0 Å². The fraction of sp³-hybridized carbons (Fsp3) is 0.824. The molecule has 3 heteroatoms. The minimum atomic E-state index is 0. The van der Waals surface area contributed by atoms with Gasteiger partial charge in [-0.1, -0.05) is 0 Å². The Balaban J connectivity index is 0.00000106. The SMILES string of the molecule is [Br-].c1c[n+](C2CC3CCC2C3)cn1C1CC2CCC1C2. The Labute approximate surface area is 132 Å². The number of fused-ring (bicyclic) bond motifs is 4. The quantitative estimate of drug-likeness (QED) is 0.695. The van der Waals surface area contributed by atoms with Gasteiger partial charge in [-0.15, -0.1) is 0 Å². The van der Waals surface area contributed by atoms with Gasteiger partial charge in [-0.2, -0.15) is 0 Å². The number of rotatable bonds is 2. The van der Waals surface area contributed by atoms with Crippen LogP contribution in [0.1, 0.15) is 63.5 Å². The summed E-state index contributed by atoms with van der Waals surface area (Å²) in [7, 11) is 0. The molecule has 1 aromatic heterocycles. The Morgan fingerprint density at radius 2 is 1.60 bits per heavy atom. The van der Waals surface area contributed by atoms with Gasteiger partial charge in [0.25, 0.3) is 0 Å². The van der Waals surface area contributed by atoms with E-state index in [0.717, 1.165) is 35.8 Å². The van der Waals surface area contributed by atoms with E-state index in [9.17, 15) is 0 Å². The van der Waals surface area contributed by atoms with Crippen molar-refractivity contribution in [3.63, 3.8) is 0 Å². The fourth-order valence-electron chi connectivity index (χ4n) is 5.93. The summed E-state index contributed by atoms with van der Waals surface area (Å²) in [6, 6.07) is 1.66. The summed E-state index contributed by atoms with van der Waals surface area (Å²) in [6.07, 6.45) is 19.1. The lowest BCUT2D eigenvalue weighted by molar-refractivity contribution is -0.728. The molecule has 1 aromatic rings.